The van der Waals surface area contributed by atoms with Crippen LogP contribution in [0.2, 0.25) is 0 Å². The molecule has 2 fully saturated rings. The van der Waals surface area contributed by atoms with Crippen molar-refractivity contribution < 1.29 is 14.3 Å². The van der Waals surface area contributed by atoms with Crippen LogP contribution in [0.15, 0.2) is 0 Å². The van der Waals surface area contributed by atoms with E-state index in [4.69, 9.17) is 10.5 Å². The Bertz CT molecular complexity index is 438. The van der Waals surface area contributed by atoms with Gasteiger partial charge < -0.3 is 20.7 Å². The van der Waals surface area contributed by atoms with Gasteiger partial charge in [0.05, 0.1) is 12.6 Å². The molecule has 3 atom stereocenters. The van der Waals surface area contributed by atoms with Crippen LogP contribution in [0.5, 0.6) is 0 Å². The number of hydrogen-bond donors (Lipinski definition) is 2. The first-order valence-corrected chi connectivity index (χ1v) is 7.71. The zero-order valence-electron chi connectivity index (χ0n) is 13.4. The lowest BCUT2D eigenvalue weighted by molar-refractivity contribution is -0.184. The van der Waals surface area contributed by atoms with Gasteiger partial charge in [0.25, 0.3) is 0 Å². The molecule has 1 saturated carbocycles. The van der Waals surface area contributed by atoms with Crippen molar-refractivity contribution in [2.24, 2.45) is 17.1 Å². The highest BCUT2D eigenvalue weighted by Gasteiger charge is 2.71. The van der Waals surface area contributed by atoms with Crippen molar-refractivity contribution in [2.75, 3.05) is 26.7 Å². The van der Waals surface area contributed by atoms with E-state index in [1.165, 1.54) is 0 Å². The average molecular weight is 297 g/mol. The van der Waals surface area contributed by atoms with E-state index in [9.17, 15) is 9.59 Å². The summed E-state index contributed by atoms with van der Waals surface area (Å²) in [5.41, 5.74) is 5.22. The first kappa shape index (κ1) is 16.2. The summed E-state index contributed by atoms with van der Waals surface area (Å²) in [5.74, 6) is -0.231. The second-order valence-corrected chi connectivity index (χ2v) is 6.68. The molecule has 21 heavy (non-hydrogen) atoms. The van der Waals surface area contributed by atoms with E-state index in [0.29, 0.717) is 13.2 Å². The van der Waals surface area contributed by atoms with Crippen LogP contribution in [0, 0.1) is 11.3 Å². The molecule has 3 N–H and O–H groups in total. The van der Waals surface area contributed by atoms with Crippen LogP contribution in [0.25, 0.3) is 0 Å². The Hall–Kier alpha value is -1.14. The molecule has 1 aliphatic carbocycles. The Kier molecular flexibility index (Phi) is 4.31. The van der Waals surface area contributed by atoms with Gasteiger partial charge in [-0.1, -0.05) is 20.8 Å². The maximum atomic E-state index is 13.0. The summed E-state index contributed by atoms with van der Waals surface area (Å²) in [7, 11) is 1.57. The van der Waals surface area contributed by atoms with Crippen LogP contribution >= 0.6 is 0 Å². The zero-order valence-corrected chi connectivity index (χ0v) is 13.4. The predicted octanol–water partition coefficient (Wildman–Crippen LogP) is 0.113. The molecule has 6 heteroatoms. The summed E-state index contributed by atoms with van der Waals surface area (Å²) < 4.78 is 5.72. The summed E-state index contributed by atoms with van der Waals surface area (Å²) in [6.45, 7) is 7.23. The summed E-state index contributed by atoms with van der Waals surface area (Å²) in [6, 6.07) is 0. The lowest BCUT2D eigenvalue weighted by atomic mass is 9.47. The number of nitrogens with two attached hydrogens (primary N) is 1. The first-order valence-electron chi connectivity index (χ1n) is 7.71. The normalized spacial score (nSPS) is 33.0. The Morgan fingerprint density at radius 3 is 2.67 bits per heavy atom. The molecule has 1 saturated heterocycles. The minimum Gasteiger partial charge on any atom is -0.377 e. The molecule has 0 radical (unpaired) electrons. The van der Waals surface area contributed by atoms with Crippen molar-refractivity contribution in [3.8, 4) is 0 Å². The van der Waals surface area contributed by atoms with Crippen molar-refractivity contribution in [3.05, 3.63) is 0 Å². The van der Waals surface area contributed by atoms with E-state index < -0.39 is 11.0 Å². The molecular weight excluding hydrogens is 270 g/mol. The van der Waals surface area contributed by atoms with Crippen LogP contribution < -0.4 is 11.1 Å². The van der Waals surface area contributed by atoms with Crippen LogP contribution in [-0.4, -0.2) is 55.1 Å². The van der Waals surface area contributed by atoms with Gasteiger partial charge in [0.1, 0.15) is 5.54 Å². The zero-order chi connectivity index (χ0) is 15.8. The fourth-order valence-corrected chi connectivity index (χ4v) is 3.85. The summed E-state index contributed by atoms with van der Waals surface area (Å²) in [4.78, 5) is 26.3. The standard InChI is InChI=1S/C15H27N3O3/c1-5-7-18(9-11(19)17-4)13(20)15(16)10-6-8-21-12(10)14(15,2)3/h10,12H,5-9,16H2,1-4H3,(H,17,19). The highest BCUT2D eigenvalue weighted by molar-refractivity contribution is 5.92. The van der Waals surface area contributed by atoms with E-state index in [2.05, 4.69) is 5.32 Å². The topological polar surface area (TPSA) is 84.7 Å². The fourth-order valence-electron chi connectivity index (χ4n) is 3.85. The van der Waals surface area contributed by atoms with E-state index >= 15 is 0 Å². The molecule has 1 aliphatic heterocycles. The van der Waals surface area contributed by atoms with Gasteiger partial charge in [0.2, 0.25) is 11.8 Å². The maximum absolute atomic E-state index is 13.0. The largest absolute Gasteiger partial charge is 0.377 e. The summed E-state index contributed by atoms with van der Waals surface area (Å²) >= 11 is 0. The van der Waals surface area contributed by atoms with E-state index in [0.717, 1.165) is 12.8 Å². The lowest BCUT2D eigenvalue weighted by Gasteiger charge is -2.61. The SMILES string of the molecule is CCCN(CC(=O)NC)C(=O)C1(N)C2CCOC2C1(C)C. The number of carbonyl (C=O) groups is 2. The van der Waals surface area contributed by atoms with E-state index in [1.54, 1.807) is 11.9 Å². The van der Waals surface area contributed by atoms with Gasteiger partial charge in [-0.05, 0) is 12.8 Å². The van der Waals surface area contributed by atoms with Crippen LogP contribution in [0.3, 0.4) is 0 Å². The monoisotopic (exact) mass is 297 g/mol. The molecule has 2 rings (SSSR count). The van der Waals surface area contributed by atoms with E-state index in [-0.39, 0.29) is 30.4 Å². The molecule has 3 unspecified atom stereocenters. The highest BCUT2D eigenvalue weighted by atomic mass is 16.5. The molecule has 6 nitrogen and oxygen atoms in total. The number of likely N-dealkylation sites (N-methyl/N-ethyl adjacent to an activating group) is 1. The molecule has 1 heterocycles. The molecule has 2 aliphatic rings. The molecular formula is C15H27N3O3. The van der Waals surface area contributed by atoms with Gasteiger partial charge in [0, 0.05) is 31.5 Å². The van der Waals surface area contributed by atoms with Crippen molar-refractivity contribution in [1.29, 1.82) is 0 Å². The van der Waals surface area contributed by atoms with Crippen LogP contribution in [-0.2, 0) is 14.3 Å². The van der Waals surface area contributed by atoms with Gasteiger partial charge in [-0.25, -0.2) is 0 Å². The Morgan fingerprint density at radius 1 is 1.43 bits per heavy atom. The third-order valence-corrected chi connectivity index (χ3v) is 5.20. The third-order valence-electron chi connectivity index (χ3n) is 5.20. The number of amides is 2. The third kappa shape index (κ3) is 2.25. The second kappa shape index (κ2) is 5.57. The van der Waals surface area contributed by atoms with Crippen molar-refractivity contribution in [3.63, 3.8) is 0 Å². The number of nitrogens with one attached hydrogen (secondary N) is 1. The molecule has 2 amide bonds. The number of fused-ring (bicyclic) bond motifs is 1. The number of rotatable bonds is 5. The van der Waals surface area contributed by atoms with Gasteiger partial charge in [-0.15, -0.1) is 0 Å². The number of carbonyl (C=O) groups excluding carboxylic acids is 2. The molecule has 0 spiro atoms. The van der Waals surface area contributed by atoms with Crippen LogP contribution in [0.1, 0.15) is 33.6 Å². The lowest BCUT2D eigenvalue weighted by Crippen LogP contribution is -2.80. The molecule has 0 aromatic rings. The summed E-state index contributed by atoms with van der Waals surface area (Å²) in [5, 5.41) is 2.56. The van der Waals surface area contributed by atoms with Crippen molar-refractivity contribution in [2.45, 2.75) is 45.3 Å². The number of nitrogens with zero attached hydrogens (tertiary/aromatic N) is 1. The van der Waals surface area contributed by atoms with Crippen molar-refractivity contribution >= 4 is 11.8 Å². The molecule has 120 valence electrons. The average Bonchev–Trinajstić information content (AvgIpc) is 2.93. The Morgan fingerprint density at radius 2 is 2.10 bits per heavy atom. The van der Waals surface area contributed by atoms with Gasteiger partial charge in [-0.2, -0.15) is 0 Å². The number of ether oxygens (including phenoxy) is 1. The van der Waals surface area contributed by atoms with Gasteiger partial charge in [-0.3, -0.25) is 9.59 Å². The quantitative estimate of drug-likeness (QED) is 0.754. The van der Waals surface area contributed by atoms with Crippen LogP contribution in [0.4, 0.5) is 0 Å². The molecule has 0 aromatic heterocycles. The number of hydrogen-bond acceptors (Lipinski definition) is 4. The Labute approximate surface area is 126 Å². The minimum atomic E-state index is -0.933. The second-order valence-electron chi connectivity index (χ2n) is 6.68. The van der Waals surface area contributed by atoms with Gasteiger partial charge in [0.15, 0.2) is 0 Å². The molecule has 0 bridgehead atoms. The molecule has 0 aromatic carbocycles. The fraction of sp³-hybridized carbons (Fsp3) is 0.867. The minimum absolute atomic E-state index is 0.0509. The predicted molar refractivity (Wildman–Crippen MR) is 79.5 cm³/mol. The highest BCUT2D eigenvalue weighted by Crippen LogP contribution is 2.58. The maximum Gasteiger partial charge on any atom is 0.244 e. The van der Waals surface area contributed by atoms with E-state index in [1.807, 2.05) is 20.8 Å². The van der Waals surface area contributed by atoms with Crippen molar-refractivity contribution in [1.82, 2.24) is 10.2 Å². The smallest absolute Gasteiger partial charge is 0.244 e. The van der Waals surface area contributed by atoms with Gasteiger partial charge >= 0.3 is 0 Å². The summed E-state index contributed by atoms with van der Waals surface area (Å²) in [6.07, 6.45) is 1.66. The first-order chi connectivity index (χ1) is 9.80. The Balaban J connectivity index is 2.21.